The minimum atomic E-state index is -0.578. The van der Waals surface area contributed by atoms with E-state index in [1.165, 1.54) is 30.2 Å². The van der Waals surface area contributed by atoms with Crippen LogP contribution in [0.15, 0.2) is 143 Å². The highest BCUT2D eigenvalue weighted by molar-refractivity contribution is 8.00. The molecule has 0 spiro atoms. The molecule has 6 rings (SSSR count). The Morgan fingerprint density at radius 1 is 0.792 bits per heavy atom. The van der Waals surface area contributed by atoms with E-state index < -0.39 is 17.1 Å². The summed E-state index contributed by atoms with van der Waals surface area (Å²) in [7, 11) is 3.07. The molecule has 0 saturated heterocycles. The maximum atomic E-state index is 13.7. The van der Waals surface area contributed by atoms with Gasteiger partial charge >= 0.3 is 0 Å². The van der Waals surface area contributed by atoms with Crippen LogP contribution in [0, 0.1) is 6.92 Å². The standard InChI is InChI=1S/C42H36N4O5S2/c1-27-14-16-28(17-15-27)36-26-52-42(45-36)46-41(49)38(29-10-6-4-7-11-29)53-34-22-19-32(20-23-34)43-40(48)35(44-39(47)30-12-8-5-9-13-30)24-31-18-21-33(50-2)25-37(31)51-3/h4-26,38H,1-3H3,(H,43,48)(H,44,47)(H,45,46,49)/b35-24-. The maximum Gasteiger partial charge on any atom is 0.272 e. The van der Waals surface area contributed by atoms with Crippen LogP contribution in [-0.4, -0.2) is 36.9 Å². The number of aromatic nitrogens is 1. The molecule has 1 atom stereocenters. The topological polar surface area (TPSA) is 119 Å². The van der Waals surface area contributed by atoms with Crippen molar-refractivity contribution in [3.05, 3.63) is 161 Å². The van der Waals surface area contributed by atoms with Crippen molar-refractivity contribution in [2.75, 3.05) is 24.9 Å². The molecule has 0 saturated carbocycles. The average molecular weight is 741 g/mol. The number of methoxy groups -OCH3 is 2. The third-order valence-electron chi connectivity index (χ3n) is 8.06. The molecular formula is C42H36N4O5S2. The normalized spacial score (nSPS) is 11.6. The number of rotatable bonds is 13. The number of anilines is 2. The fourth-order valence-corrected chi connectivity index (χ4v) is 6.99. The molecule has 9 nitrogen and oxygen atoms in total. The molecule has 0 fully saturated rings. The zero-order chi connectivity index (χ0) is 37.2. The minimum Gasteiger partial charge on any atom is -0.497 e. The summed E-state index contributed by atoms with van der Waals surface area (Å²) in [6.07, 6.45) is 1.55. The molecule has 0 aliphatic heterocycles. The van der Waals surface area contributed by atoms with Crippen LogP contribution in [0.4, 0.5) is 10.8 Å². The van der Waals surface area contributed by atoms with Gasteiger partial charge in [-0.1, -0.05) is 78.4 Å². The van der Waals surface area contributed by atoms with Gasteiger partial charge in [0.05, 0.1) is 19.9 Å². The van der Waals surface area contributed by atoms with Gasteiger partial charge in [-0.2, -0.15) is 0 Å². The first-order valence-corrected chi connectivity index (χ1v) is 18.3. The van der Waals surface area contributed by atoms with Gasteiger partial charge in [0.2, 0.25) is 5.91 Å². The van der Waals surface area contributed by atoms with Crippen LogP contribution in [0.25, 0.3) is 17.3 Å². The monoisotopic (exact) mass is 740 g/mol. The second-order valence-corrected chi connectivity index (χ2v) is 13.8. The minimum absolute atomic E-state index is 0.00862. The van der Waals surface area contributed by atoms with E-state index in [4.69, 9.17) is 9.47 Å². The van der Waals surface area contributed by atoms with Gasteiger partial charge in [-0.15, -0.1) is 23.1 Å². The van der Waals surface area contributed by atoms with Crippen LogP contribution < -0.4 is 25.4 Å². The van der Waals surface area contributed by atoms with E-state index in [2.05, 4.69) is 20.9 Å². The first-order valence-electron chi connectivity index (χ1n) is 16.6. The van der Waals surface area contributed by atoms with E-state index in [9.17, 15) is 14.4 Å². The Morgan fingerprint density at radius 2 is 1.49 bits per heavy atom. The van der Waals surface area contributed by atoms with E-state index >= 15 is 0 Å². The van der Waals surface area contributed by atoms with E-state index in [0.717, 1.165) is 27.3 Å². The second-order valence-electron chi connectivity index (χ2n) is 11.8. The highest BCUT2D eigenvalue weighted by atomic mass is 32.2. The largest absolute Gasteiger partial charge is 0.497 e. The first kappa shape index (κ1) is 36.6. The SMILES string of the molecule is COc1ccc(/C=C(\NC(=O)c2ccccc2)C(=O)Nc2ccc(SC(C(=O)Nc3nc(-c4ccc(C)cc4)cs3)c3ccccc3)cc2)c(OC)c1. The predicted octanol–water partition coefficient (Wildman–Crippen LogP) is 9.02. The zero-order valence-electron chi connectivity index (χ0n) is 29.2. The van der Waals surface area contributed by atoms with Crippen molar-refractivity contribution in [2.45, 2.75) is 17.1 Å². The number of thioether (sulfide) groups is 1. The second kappa shape index (κ2) is 17.4. The summed E-state index contributed by atoms with van der Waals surface area (Å²) >= 11 is 2.76. The molecule has 1 heterocycles. The number of amides is 3. The number of thiazole rings is 1. The molecular weight excluding hydrogens is 705 g/mol. The van der Waals surface area contributed by atoms with Crippen LogP contribution in [0.2, 0.25) is 0 Å². The lowest BCUT2D eigenvalue weighted by atomic mass is 10.1. The maximum absolute atomic E-state index is 13.7. The summed E-state index contributed by atoms with van der Waals surface area (Å²) in [6.45, 7) is 2.03. The lowest BCUT2D eigenvalue weighted by Crippen LogP contribution is -2.30. The van der Waals surface area contributed by atoms with E-state index in [1.54, 1.807) is 67.8 Å². The number of carbonyl (C=O) groups is 3. The molecule has 266 valence electrons. The molecule has 1 unspecified atom stereocenters. The van der Waals surface area contributed by atoms with Crippen molar-refractivity contribution in [3.63, 3.8) is 0 Å². The molecule has 11 heteroatoms. The van der Waals surface area contributed by atoms with Crippen LogP contribution in [0.3, 0.4) is 0 Å². The molecule has 3 amide bonds. The number of ether oxygens (including phenoxy) is 2. The Bertz CT molecular complexity index is 2220. The van der Waals surface area contributed by atoms with E-state index in [1.807, 2.05) is 85.1 Å². The van der Waals surface area contributed by atoms with Gasteiger partial charge in [-0.05, 0) is 67.1 Å². The summed E-state index contributed by atoms with van der Waals surface area (Å²) in [5, 5.41) is 10.5. The molecule has 53 heavy (non-hydrogen) atoms. The van der Waals surface area contributed by atoms with Gasteiger partial charge in [-0.25, -0.2) is 4.98 Å². The van der Waals surface area contributed by atoms with Gasteiger partial charge in [-0.3, -0.25) is 14.4 Å². The Labute approximate surface area is 316 Å². The molecule has 6 aromatic rings. The van der Waals surface area contributed by atoms with Crippen molar-refractivity contribution >= 4 is 57.7 Å². The Balaban J connectivity index is 1.19. The van der Waals surface area contributed by atoms with Gasteiger partial charge in [0.25, 0.3) is 11.8 Å². The smallest absolute Gasteiger partial charge is 0.272 e. The number of hydrogen-bond acceptors (Lipinski definition) is 8. The van der Waals surface area contributed by atoms with E-state index in [0.29, 0.717) is 33.4 Å². The summed E-state index contributed by atoms with van der Waals surface area (Å²) in [5.74, 6) is -0.147. The third-order valence-corrected chi connectivity index (χ3v) is 10.1. The summed E-state index contributed by atoms with van der Waals surface area (Å²) in [4.78, 5) is 46.1. The molecule has 0 bridgehead atoms. The average Bonchev–Trinajstić information content (AvgIpc) is 3.66. The molecule has 0 aliphatic carbocycles. The van der Waals surface area contributed by atoms with Crippen LogP contribution in [0.5, 0.6) is 11.5 Å². The lowest BCUT2D eigenvalue weighted by Gasteiger charge is -2.17. The molecule has 3 N–H and O–H groups in total. The molecule has 0 radical (unpaired) electrons. The Morgan fingerprint density at radius 3 is 2.17 bits per heavy atom. The summed E-state index contributed by atoms with van der Waals surface area (Å²) < 4.78 is 10.8. The number of benzene rings is 5. The first-order chi connectivity index (χ1) is 25.8. The predicted molar refractivity (Wildman–Crippen MR) is 212 cm³/mol. The van der Waals surface area contributed by atoms with Crippen LogP contribution >= 0.6 is 23.1 Å². The number of nitrogens with zero attached hydrogens (tertiary/aromatic N) is 1. The summed E-state index contributed by atoms with van der Waals surface area (Å²) in [6, 6.07) is 38.6. The highest BCUT2D eigenvalue weighted by Crippen LogP contribution is 2.37. The van der Waals surface area contributed by atoms with Gasteiger partial charge in [0.1, 0.15) is 22.4 Å². The van der Waals surface area contributed by atoms with Crippen molar-refractivity contribution in [1.29, 1.82) is 0 Å². The number of hydrogen-bond donors (Lipinski definition) is 3. The van der Waals surface area contributed by atoms with Crippen molar-refractivity contribution in [2.24, 2.45) is 0 Å². The lowest BCUT2D eigenvalue weighted by molar-refractivity contribution is -0.116. The van der Waals surface area contributed by atoms with E-state index in [-0.39, 0.29) is 11.6 Å². The quantitative estimate of drug-likeness (QED) is 0.0799. The third kappa shape index (κ3) is 9.59. The molecule has 5 aromatic carbocycles. The summed E-state index contributed by atoms with van der Waals surface area (Å²) in [5.41, 5.74) is 5.24. The fraction of sp³-hybridized carbons (Fsp3) is 0.0952. The van der Waals surface area contributed by atoms with Gasteiger partial charge in [0, 0.05) is 38.7 Å². The number of nitrogens with one attached hydrogen (secondary N) is 3. The van der Waals surface area contributed by atoms with Gasteiger partial charge in [0.15, 0.2) is 5.13 Å². The van der Waals surface area contributed by atoms with Crippen LogP contribution in [-0.2, 0) is 9.59 Å². The van der Waals surface area contributed by atoms with Crippen LogP contribution in [0.1, 0.15) is 32.3 Å². The van der Waals surface area contributed by atoms with Crippen molar-refractivity contribution in [3.8, 4) is 22.8 Å². The molecule has 0 aliphatic rings. The molecule has 1 aromatic heterocycles. The Hall–Kier alpha value is -6.17. The fourth-order valence-electron chi connectivity index (χ4n) is 5.25. The highest BCUT2D eigenvalue weighted by Gasteiger charge is 2.24. The number of carbonyl (C=O) groups excluding carboxylic acids is 3. The zero-order valence-corrected chi connectivity index (χ0v) is 30.8. The number of aryl methyl sites for hydroxylation is 1. The van der Waals surface area contributed by atoms with Gasteiger partial charge < -0.3 is 25.4 Å². The van der Waals surface area contributed by atoms with Crippen molar-refractivity contribution in [1.82, 2.24) is 10.3 Å². The van der Waals surface area contributed by atoms with Crippen molar-refractivity contribution < 1.29 is 23.9 Å². The Kier molecular flexibility index (Phi) is 12.0.